The minimum absolute atomic E-state index is 0.604. The zero-order valence-electron chi connectivity index (χ0n) is 34.0. The van der Waals surface area contributed by atoms with Gasteiger partial charge in [0, 0.05) is 54.7 Å². The summed E-state index contributed by atoms with van der Waals surface area (Å²) in [7, 11) is 0. The highest BCUT2D eigenvalue weighted by molar-refractivity contribution is 6.27. The van der Waals surface area contributed by atoms with Gasteiger partial charge in [-0.15, -0.1) is 0 Å². The fourth-order valence-corrected chi connectivity index (χ4v) is 8.93. The van der Waals surface area contributed by atoms with Crippen molar-refractivity contribution in [3.8, 4) is 78.8 Å². The zero-order valence-corrected chi connectivity index (χ0v) is 34.0. The zero-order chi connectivity index (χ0) is 41.7. The molecule has 0 radical (unpaired) electrons. The third-order valence-corrected chi connectivity index (χ3v) is 11.9. The second-order valence-electron chi connectivity index (χ2n) is 15.8. The van der Waals surface area contributed by atoms with E-state index in [2.05, 4.69) is 170 Å². The predicted molar refractivity (Wildman–Crippen MR) is 258 cm³/mol. The van der Waals surface area contributed by atoms with Crippen molar-refractivity contribution in [2.24, 2.45) is 0 Å². The summed E-state index contributed by atoms with van der Waals surface area (Å²) in [4.78, 5) is 20.6. The van der Waals surface area contributed by atoms with E-state index >= 15 is 0 Å². The van der Waals surface area contributed by atoms with E-state index in [0.717, 1.165) is 105 Å². The van der Waals surface area contributed by atoms with Crippen LogP contribution in [0.4, 0.5) is 0 Å². The van der Waals surface area contributed by atoms with Gasteiger partial charge < -0.3 is 4.42 Å². The first-order valence-electron chi connectivity index (χ1n) is 21.1. The van der Waals surface area contributed by atoms with E-state index in [9.17, 15) is 0 Å². The van der Waals surface area contributed by atoms with E-state index < -0.39 is 0 Å². The predicted octanol–water partition coefficient (Wildman–Crippen LogP) is 15.1. The van der Waals surface area contributed by atoms with Gasteiger partial charge in [0.2, 0.25) is 0 Å². The number of hydrogen-bond acceptors (Lipinski definition) is 5. The molecule has 0 bridgehead atoms. The van der Waals surface area contributed by atoms with Gasteiger partial charge in [-0.1, -0.05) is 182 Å². The largest absolute Gasteiger partial charge is 0.456 e. The summed E-state index contributed by atoms with van der Waals surface area (Å²) in [5, 5.41) is 5.50. The van der Waals surface area contributed by atoms with Crippen LogP contribution >= 0.6 is 0 Å². The molecule has 0 unspecified atom stereocenters. The van der Waals surface area contributed by atoms with Gasteiger partial charge in [0.05, 0.1) is 11.2 Å². The highest BCUT2D eigenvalue weighted by atomic mass is 16.3. The van der Waals surface area contributed by atoms with E-state index in [1.807, 2.05) is 48.5 Å². The maximum Gasteiger partial charge on any atom is 0.164 e. The molecule has 0 saturated heterocycles. The maximum absolute atomic E-state index is 6.63. The van der Waals surface area contributed by atoms with Crippen LogP contribution < -0.4 is 0 Å². The number of benzene rings is 9. The summed E-state index contributed by atoms with van der Waals surface area (Å²) in [6.07, 6.45) is 0. The SMILES string of the molecule is c1ccc(-c2cccc(-c3nc(-c4ccccc4)nc(-c4cccc(-c5cccc(-c6nc7ccccc7c7c(-c8ccccc8)c8c(cc67)oc6ccccc68)c5)c4)n3)c2)cc1. The van der Waals surface area contributed by atoms with Crippen molar-refractivity contribution < 1.29 is 4.42 Å². The number of hydrogen-bond donors (Lipinski definition) is 0. The monoisotopic (exact) mass is 804 g/mol. The Hall–Kier alpha value is -8.54. The van der Waals surface area contributed by atoms with Gasteiger partial charge in [-0.05, 0) is 64.2 Å². The van der Waals surface area contributed by atoms with Crippen molar-refractivity contribution in [1.29, 1.82) is 0 Å². The molecule has 0 saturated carbocycles. The molecule has 0 spiro atoms. The third-order valence-electron chi connectivity index (χ3n) is 11.9. The van der Waals surface area contributed by atoms with E-state index in [1.54, 1.807) is 0 Å². The molecule has 63 heavy (non-hydrogen) atoms. The molecule has 9 aromatic carbocycles. The Labute approximate surface area is 363 Å². The summed E-state index contributed by atoms with van der Waals surface area (Å²) < 4.78 is 6.63. The average Bonchev–Trinajstić information content (AvgIpc) is 3.74. The highest BCUT2D eigenvalue weighted by Crippen LogP contribution is 2.46. The Morgan fingerprint density at radius 3 is 1.38 bits per heavy atom. The molecule has 5 heteroatoms. The summed E-state index contributed by atoms with van der Waals surface area (Å²) in [6.45, 7) is 0. The lowest BCUT2D eigenvalue weighted by Gasteiger charge is -2.16. The number of fused-ring (bicyclic) bond motifs is 6. The first-order valence-corrected chi connectivity index (χ1v) is 21.1. The van der Waals surface area contributed by atoms with Crippen LogP contribution in [0.15, 0.2) is 223 Å². The number of rotatable bonds is 7. The van der Waals surface area contributed by atoms with Crippen LogP contribution in [-0.2, 0) is 0 Å². The molecule has 12 aromatic rings. The maximum atomic E-state index is 6.63. The Kier molecular flexibility index (Phi) is 8.75. The van der Waals surface area contributed by atoms with Gasteiger partial charge in [-0.25, -0.2) is 19.9 Å². The molecule has 0 aliphatic heterocycles. The molecule has 3 aromatic heterocycles. The van der Waals surface area contributed by atoms with Crippen LogP contribution in [0.2, 0.25) is 0 Å². The Bertz CT molecular complexity index is 3680. The van der Waals surface area contributed by atoms with E-state index in [4.69, 9.17) is 24.4 Å². The molecule has 0 N–H and O–H groups in total. The number of pyridine rings is 1. The third kappa shape index (κ3) is 6.51. The van der Waals surface area contributed by atoms with Crippen molar-refractivity contribution in [2.45, 2.75) is 0 Å². The first kappa shape index (κ1) is 36.3. The van der Waals surface area contributed by atoms with Crippen molar-refractivity contribution in [1.82, 2.24) is 19.9 Å². The van der Waals surface area contributed by atoms with Crippen LogP contribution in [0.25, 0.3) is 122 Å². The summed E-state index contributed by atoms with van der Waals surface area (Å²) in [5.41, 5.74) is 13.9. The topological polar surface area (TPSA) is 64.7 Å². The molecule has 0 amide bonds. The summed E-state index contributed by atoms with van der Waals surface area (Å²) in [6, 6.07) is 75.7. The van der Waals surface area contributed by atoms with Gasteiger partial charge in [0.1, 0.15) is 11.2 Å². The van der Waals surface area contributed by atoms with E-state index in [-0.39, 0.29) is 0 Å². The summed E-state index contributed by atoms with van der Waals surface area (Å²) >= 11 is 0. The van der Waals surface area contributed by atoms with Crippen molar-refractivity contribution >= 4 is 43.6 Å². The minimum atomic E-state index is 0.604. The molecule has 0 aliphatic rings. The van der Waals surface area contributed by atoms with Gasteiger partial charge in [-0.3, -0.25) is 0 Å². The van der Waals surface area contributed by atoms with Gasteiger partial charge >= 0.3 is 0 Å². The fourth-order valence-electron chi connectivity index (χ4n) is 8.93. The second-order valence-corrected chi connectivity index (χ2v) is 15.8. The lowest BCUT2D eigenvalue weighted by molar-refractivity contribution is 0.669. The highest BCUT2D eigenvalue weighted by Gasteiger charge is 2.22. The molecule has 0 atom stereocenters. The van der Waals surface area contributed by atoms with E-state index in [0.29, 0.717) is 17.5 Å². The molecule has 0 fully saturated rings. The molecular formula is C58H36N4O. The number of nitrogens with zero attached hydrogens (tertiary/aromatic N) is 4. The summed E-state index contributed by atoms with van der Waals surface area (Å²) in [5.74, 6) is 1.84. The van der Waals surface area contributed by atoms with Crippen molar-refractivity contribution in [3.05, 3.63) is 218 Å². The number of furan rings is 1. The Balaban J connectivity index is 1.02. The smallest absolute Gasteiger partial charge is 0.164 e. The lowest BCUT2D eigenvalue weighted by atomic mass is 9.89. The second kappa shape index (κ2) is 15.2. The van der Waals surface area contributed by atoms with Crippen LogP contribution in [-0.4, -0.2) is 19.9 Å². The molecule has 0 aliphatic carbocycles. The minimum Gasteiger partial charge on any atom is -0.456 e. The van der Waals surface area contributed by atoms with Crippen molar-refractivity contribution in [3.63, 3.8) is 0 Å². The molecule has 294 valence electrons. The van der Waals surface area contributed by atoms with Crippen LogP contribution in [0.1, 0.15) is 0 Å². The van der Waals surface area contributed by atoms with Gasteiger partial charge in [0.25, 0.3) is 0 Å². The quantitative estimate of drug-likeness (QED) is 0.150. The van der Waals surface area contributed by atoms with E-state index in [1.165, 1.54) is 0 Å². The van der Waals surface area contributed by atoms with Crippen LogP contribution in [0.5, 0.6) is 0 Å². The van der Waals surface area contributed by atoms with Gasteiger partial charge in [-0.2, -0.15) is 0 Å². The molecular weight excluding hydrogens is 769 g/mol. The van der Waals surface area contributed by atoms with Crippen LogP contribution in [0, 0.1) is 0 Å². The molecule has 12 rings (SSSR count). The Morgan fingerprint density at radius 1 is 0.270 bits per heavy atom. The fraction of sp³-hybridized carbons (Fsp3) is 0. The lowest BCUT2D eigenvalue weighted by Crippen LogP contribution is -2.00. The van der Waals surface area contributed by atoms with Crippen molar-refractivity contribution in [2.75, 3.05) is 0 Å². The first-order chi connectivity index (χ1) is 31.2. The standard InChI is InChI=1S/C58H36N4O/c1-4-17-37(18-5-1)40-23-15-27-44(34-40)57-60-56(39-21-8-3-9-22-39)61-58(62-57)45-28-16-25-42(35-45)41-24-14-26-43(33-41)55-48-36-51-54(47-30-11-13-32-50(47)63-51)52(38-19-6-2-7-20-38)53(48)46-29-10-12-31-49(46)59-55/h1-36H. The Morgan fingerprint density at radius 2 is 0.730 bits per heavy atom. The van der Waals surface area contributed by atoms with Crippen LogP contribution in [0.3, 0.4) is 0 Å². The van der Waals surface area contributed by atoms with Gasteiger partial charge in [0.15, 0.2) is 17.5 Å². The number of para-hydroxylation sites is 2. The molecule has 5 nitrogen and oxygen atoms in total. The normalized spacial score (nSPS) is 11.5. The molecule has 3 heterocycles. The number of aromatic nitrogens is 4. The average molecular weight is 805 g/mol.